The van der Waals surface area contributed by atoms with Gasteiger partial charge in [-0.15, -0.1) is 0 Å². The van der Waals surface area contributed by atoms with E-state index in [4.69, 9.17) is 16.3 Å². The fraction of sp³-hybridized carbons (Fsp3) is 0.533. The summed E-state index contributed by atoms with van der Waals surface area (Å²) in [5.41, 5.74) is 0.990. The van der Waals surface area contributed by atoms with Gasteiger partial charge in [-0.25, -0.2) is 4.79 Å². The first-order chi connectivity index (χ1) is 9.17. The molecule has 20 heavy (non-hydrogen) atoms. The number of hydrogen-bond acceptors (Lipinski definition) is 3. The van der Waals surface area contributed by atoms with Gasteiger partial charge in [0.25, 0.3) is 0 Å². The van der Waals surface area contributed by atoms with Crippen LogP contribution in [-0.2, 0) is 11.2 Å². The number of aliphatic hydroxyl groups excluding tert-OH is 1. The number of hydrogen-bond donors (Lipinski definition) is 2. The van der Waals surface area contributed by atoms with Crippen molar-refractivity contribution in [2.24, 2.45) is 0 Å². The molecule has 1 aromatic rings. The Morgan fingerprint density at radius 1 is 1.45 bits per heavy atom. The highest BCUT2D eigenvalue weighted by atomic mass is 35.5. The van der Waals surface area contributed by atoms with Gasteiger partial charge in [0.05, 0.1) is 6.10 Å². The summed E-state index contributed by atoms with van der Waals surface area (Å²) in [4.78, 5) is 11.8. The van der Waals surface area contributed by atoms with Crippen LogP contribution in [0.4, 0.5) is 10.5 Å². The Morgan fingerprint density at radius 2 is 2.10 bits per heavy atom. The highest BCUT2D eigenvalue weighted by Crippen LogP contribution is 2.23. The largest absolute Gasteiger partial charge is 0.444 e. The number of carbonyl (C=O) groups excluding carboxylic acids is 1. The lowest BCUT2D eigenvalue weighted by atomic mass is 10.1. The number of aryl methyl sites for hydroxylation is 1. The van der Waals surface area contributed by atoms with E-state index in [1.807, 2.05) is 20.8 Å². The van der Waals surface area contributed by atoms with E-state index in [9.17, 15) is 9.90 Å². The van der Waals surface area contributed by atoms with Crippen molar-refractivity contribution in [2.45, 2.75) is 52.2 Å². The number of rotatable bonds is 4. The van der Waals surface area contributed by atoms with Gasteiger partial charge in [0.2, 0.25) is 0 Å². The smallest absolute Gasteiger partial charge is 0.412 e. The standard InChI is InChI=1S/C15H22ClNO3/c1-10(18)5-6-11-9-12(16)7-8-13(11)17-14(19)20-15(2,3)4/h7-10,18H,5-6H2,1-4H3,(H,17,19). The van der Waals surface area contributed by atoms with E-state index in [0.717, 1.165) is 5.56 Å². The Labute approximate surface area is 125 Å². The number of aliphatic hydroxyl groups is 1. The third-order valence-electron chi connectivity index (χ3n) is 2.53. The van der Waals surface area contributed by atoms with Crippen LogP contribution in [0, 0.1) is 0 Å². The number of nitrogens with one attached hydrogen (secondary N) is 1. The van der Waals surface area contributed by atoms with Gasteiger partial charge in [-0.3, -0.25) is 5.32 Å². The van der Waals surface area contributed by atoms with E-state index in [-0.39, 0.29) is 0 Å². The molecule has 0 radical (unpaired) electrons. The van der Waals surface area contributed by atoms with Gasteiger partial charge in [-0.1, -0.05) is 11.6 Å². The summed E-state index contributed by atoms with van der Waals surface area (Å²) < 4.78 is 5.22. The van der Waals surface area contributed by atoms with Crippen LogP contribution in [0.5, 0.6) is 0 Å². The van der Waals surface area contributed by atoms with E-state index < -0.39 is 17.8 Å². The van der Waals surface area contributed by atoms with Crippen molar-refractivity contribution >= 4 is 23.4 Å². The molecule has 1 unspecified atom stereocenters. The molecule has 0 aliphatic rings. The molecule has 1 atom stereocenters. The van der Waals surface area contributed by atoms with Crippen molar-refractivity contribution in [2.75, 3.05) is 5.32 Å². The number of ether oxygens (including phenoxy) is 1. The van der Waals surface area contributed by atoms with Crippen LogP contribution in [0.2, 0.25) is 5.02 Å². The van der Waals surface area contributed by atoms with Crippen LogP contribution in [-0.4, -0.2) is 22.9 Å². The average molecular weight is 300 g/mol. The molecule has 112 valence electrons. The monoisotopic (exact) mass is 299 g/mol. The van der Waals surface area contributed by atoms with Gasteiger partial charge < -0.3 is 9.84 Å². The van der Waals surface area contributed by atoms with Gasteiger partial charge in [-0.05, 0) is 64.3 Å². The second kappa shape index (κ2) is 6.95. The highest BCUT2D eigenvalue weighted by Gasteiger charge is 2.17. The van der Waals surface area contributed by atoms with E-state index >= 15 is 0 Å². The summed E-state index contributed by atoms with van der Waals surface area (Å²) in [6.45, 7) is 7.15. The van der Waals surface area contributed by atoms with Crippen molar-refractivity contribution < 1.29 is 14.6 Å². The molecule has 0 aromatic heterocycles. The van der Waals surface area contributed by atoms with Gasteiger partial charge >= 0.3 is 6.09 Å². The Morgan fingerprint density at radius 3 is 2.65 bits per heavy atom. The van der Waals surface area contributed by atoms with Gasteiger partial charge in [0.1, 0.15) is 5.60 Å². The molecule has 0 aliphatic carbocycles. The number of anilines is 1. The molecule has 0 fully saturated rings. The van der Waals surface area contributed by atoms with Gasteiger partial charge in [0.15, 0.2) is 0 Å². The molecular formula is C15H22ClNO3. The summed E-state index contributed by atoms with van der Waals surface area (Å²) in [5.74, 6) is 0. The lowest BCUT2D eigenvalue weighted by Crippen LogP contribution is -2.27. The molecule has 4 nitrogen and oxygen atoms in total. The predicted molar refractivity (Wildman–Crippen MR) is 81.3 cm³/mol. The van der Waals surface area contributed by atoms with Crippen LogP contribution < -0.4 is 5.32 Å². The summed E-state index contributed by atoms with van der Waals surface area (Å²) >= 11 is 5.97. The van der Waals surface area contributed by atoms with Crippen LogP contribution in [0.1, 0.15) is 39.7 Å². The molecule has 0 aliphatic heterocycles. The molecule has 1 rings (SSSR count). The zero-order chi connectivity index (χ0) is 15.3. The highest BCUT2D eigenvalue weighted by molar-refractivity contribution is 6.30. The minimum absolute atomic E-state index is 0.400. The normalized spacial score (nSPS) is 12.9. The molecule has 0 bridgehead atoms. The molecule has 0 saturated carbocycles. The average Bonchev–Trinajstić information content (AvgIpc) is 2.26. The van der Waals surface area contributed by atoms with E-state index in [1.165, 1.54) is 0 Å². The third-order valence-corrected chi connectivity index (χ3v) is 2.77. The maximum Gasteiger partial charge on any atom is 0.412 e. The summed E-state index contributed by atoms with van der Waals surface area (Å²) in [6, 6.07) is 5.24. The molecule has 1 aromatic carbocycles. The topological polar surface area (TPSA) is 58.6 Å². The third kappa shape index (κ3) is 6.26. The molecule has 1 amide bonds. The summed E-state index contributed by atoms with van der Waals surface area (Å²) in [6.07, 6.45) is 0.327. The van der Waals surface area contributed by atoms with Gasteiger partial charge in [0, 0.05) is 10.7 Å². The van der Waals surface area contributed by atoms with E-state index in [0.29, 0.717) is 23.6 Å². The Bertz CT molecular complexity index is 467. The maximum atomic E-state index is 11.8. The SMILES string of the molecule is CC(O)CCc1cc(Cl)ccc1NC(=O)OC(C)(C)C. The van der Waals surface area contributed by atoms with Crippen molar-refractivity contribution in [3.63, 3.8) is 0 Å². The first-order valence-corrected chi connectivity index (χ1v) is 7.01. The van der Waals surface area contributed by atoms with Crippen molar-refractivity contribution in [3.8, 4) is 0 Å². The van der Waals surface area contributed by atoms with E-state index in [1.54, 1.807) is 25.1 Å². The van der Waals surface area contributed by atoms with Crippen LogP contribution in [0.3, 0.4) is 0 Å². The molecule has 0 saturated heterocycles. The number of benzene rings is 1. The fourth-order valence-electron chi connectivity index (χ4n) is 1.67. The number of carbonyl (C=O) groups is 1. The number of amides is 1. The first kappa shape index (κ1) is 16.8. The first-order valence-electron chi connectivity index (χ1n) is 6.64. The van der Waals surface area contributed by atoms with Crippen molar-refractivity contribution in [1.82, 2.24) is 0 Å². The molecule has 0 spiro atoms. The minimum atomic E-state index is -0.545. The molecule has 5 heteroatoms. The van der Waals surface area contributed by atoms with E-state index in [2.05, 4.69) is 5.32 Å². The molecule has 2 N–H and O–H groups in total. The Balaban J connectivity index is 2.80. The van der Waals surface area contributed by atoms with Gasteiger partial charge in [-0.2, -0.15) is 0 Å². The van der Waals surface area contributed by atoms with Crippen molar-refractivity contribution in [1.29, 1.82) is 0 Å². The zero-order valence-electron chi connectivity index (χ0n) is 12.4. The zero-order valence-corrected chi connectivity index (χ0v) is 13.1. The lowest BCUT2D eigenvalue weighted by Gasteiger charge is -2.20. The summed E-state index contributed by atoms with van der Waals surface area (Å²) in [7, 11) is 0. The maximum absolute atomic E-state index is 11.8. The summed E-state index contributed by atoms with van der Waals surface area (Å²) in [5, 5.41) is 12.7. The molecule has 0 heterocycles. The fourth-order valence-corrected chi connectivity index (χ4v) is 1.86. The van der Waals surface area contributed by atoms with Crippen molar-refractivity contribution in [3.05, 3.63) is 28.8 Å². The Kier molecular flexibility index (Phi) is 5.84. The van der Waals surface area contributed by atoms with Crippen LogP contribution in [0.15, 0.2) is 18.2 Å². The minimum Gasteiger partial charge on any atom is -0.444 e. The quantitative estimate of drug-likeness (QED) is 0.883. The Hall–Kier alpha value is -1.26. The molecular weight excluding hydrogens is 278 g/mol. The van der Waals surface area contributed by atoms with Crippen LogP contribution >= 0.6 is 11.6 Å². The van der Waals surface area contributed by atoms with Crippen LogP contribution in [0.25, 0.3) is 0 Å². The lowest BCUT2D eigenvalue weighted by molar-refractivity contribution is 0.0636. The number of halogens is 1. The second-order valence-electron chi connectivity index (χ2n) is 5.82. The second-order valence-corrected chi connectivity index (χ2v) is 6.25. The predicted octanol–water partition coefficient (Wildman–Crippen LogP) is 4.00.